The fraction of sp³-hybridized carbons (Fsp3) is 0.333. The number of ether oxygens (including phenoxy) is 1. The summed E-state index contributed by atoms with van der Waals surface area (Å²) in [6.45, 7) is 6.00. The molecule has 7 nitrogen and oxygen atoms in total. The number of nitrogens with zero attached hydrogens (tertiary/aromatic N) is 4. The number of hydrogen-bond acceptors (Lipinski definition) is 5. The summed E-state index contributed by atoms with van der Waals surface area (Å²) in [5, 5.41) is 9.28. The van der Waals surface area contributed by atoms with Gasteiger partial charge in [-0.05, 0) is 68.7 Å². The summed E-state index contributed by atoms with van der Waals surface area (Å²) < 4.78 is 6.06. The van der Waals surface area contributed by atoms with Crippen molar-refractivity contribution < 1.29 is 14.3 Å². The fourth-order valence-corrected chi connectivity index (χ4v) is 4.83. The molecule has 3 amide bonds. The Balaban J connectivity index is 1.38. The van der Waals surface area contributed by atoms with E-state index in [1.807, 2.05) is 43.4 Å². The van der Waals surface area contributed by atoms with Crippen LogP contribution < -0.4 is 4.90 Å². The summed E-state index contributed by atoms with van der Waals surface area (Å²) in [7, 11) is 0. The molecular weight excluding hydrogens is 499 g/mol. The van der Waals surface area contributed by atoms with Crippen LogP contribution in [0.5, 0.6) is 0 Å². The third-order valence-corrected chi connectivity index (χ3v) is 7.07. The van der Waals surface area contributed by atoms with E-state index in [2.05, 4.69) is 4.98 Å². The fourth-order valence-electron chi connectivity index (χ4n) is 4.36. The van der Waals surface area contributed by atoms with Crippen molar-refractivity contribution in [1.29, 1.82) is 5.26 Å². The van der Waals surface area contributed by atoms with Crippen LogP contribution in [0, 0.1) is 11.3 Å². The van der Waals surface area contributed by atoms with Gasteiger partial charge in [-0.25, -0.2) is 9.69 Å². The number of rotatable bonds is 7. The average Bonchev–Trinajstić information content (AvgIpc) is 3.01. The Kier molecular flexibility index (Phi) is 7.24. The standard InChI is InChI=1S/C27H26Cl2N4O3/c1-26(2)24(34)33(21-7-5-20(17-30)22(28)15-21)25(35)32(26)13-4-14-36-23-8-6-19(16-27(23,3)29)18-9-11-31-12-10-18/h5-12,15-16,23H,4,13-14H2,1-3H3. The quantitative estimate of drug-likeness (QED) is 0.268. The first kappa shape index (κ1) is 25.9. The lowest BCUT2D eigenvalue weighted by molar-refractivity contribution is -0.123. The molecule has 2 unspecified atom stereocenters. The van der Waals surface area contributed by atoms with E-state index in [1.54, 1.807) is 32.3 Å². The van der Waals surface area contributed by atoms with Crippen molar-refractivity contribution >= 4 is 46.4 Å². The van der Waals surface area contributed by atoms with E-state index in [4.69, 9.17) is 33.2 Å². The molecule has 0 saturated carbocycles. The molecule has 0 N–H and O–H groups in total. The summed E-state index contributed by atoms with van der Waals surface area (Å²) in [6, 6.07) is 9.90. The zero-order chi connectivity index (χ0) is 26.1. The van der Waals surface area contributed by atoms with Gasteiger partial charge in [-0.1, -0.05) is 29.8 Å². The van der Waals surface area contributed by atoms with Crippen LogP contribution >= 0.6 is 23.2 Å². The summed E-state index contributed by atoms with van der Waals surface area (Å²) in [4.78, 5) is 32.3. The van der Waals surface area contributed by atoms with Crippen molar-refractivity contribution in [3.63, 3.8) is 0 Å². The van der Waals surface area contributed by atoms with Crippen molar-refractivity contribution in [2.45, 2.75) is 43.7 Å². The van der Waals surface area contributed by atoms with Crippen molar-refractivity contribution in [3.8, 4) is 6.07 Å². The molecular formula is C27H26Cl2N4O3. The highest BCUT2D eigenvalue weighted by Gasteiger charge is 2.51. The van der Waals surface area contributed by atoms with Gasteiger partial charge in [0.2, 0.25) is 0 Å². The number of carbonyl (C=O) groups excluding carboxylic acids is 2. The molecule has 2 atom stereocenters. The van der Waals surface area contributed by atoms with Gasteiger partial charge in [0.25, 0.3) is 5.91 Å². The van der Waals surface area contributed by atoms with Crippen LogP contribution in [0.2, 0.25) is 5.02 Å². The van der Waals surface area contributed by atoms with Crippen molar-refractivity contribution in [1.82, 2.24) is 9.88 Å². The zero-order valence-electron chi connectivity index (χ0n) is 20.2. The third kappa shape index (κ3) is 4.90. The molecule has 0 radical (unpaired) electrons. The van der Waals surface area contributed by atoms with Gasteiger partial charge in [-0.2, -0.15) is 5.26 Å². The first-order valence-electron chi connectivity index (χ1n) is 11.5. The van der Waals surface area contributed by atoms with E-state index >= 15 is 0 Å². The van der Waals surface area contributed by atoms with E-state index in [0.29, 0.717) is 25.3 Å². The summed E-state index contributed by atoms with van der Waals surface area (Å²) in [6.07, 6.45) is 9.54. The van der Waals surface area contributed by atoms with Gasteiger partial charge in [0.05, 0.1) is 27.3 Å². The monoisotopic (exact) mass is 524 g/mol. The molecule has 1 aliphatic heterocycles. The minimum absolute atomic E-state index is 0.186. The number of anilines is 1. The Morgan fingerprint density at radius 3 is 2.53 bits per heavy atom. The van der Waals surface area contributed by atoms with E-state index < -0.39 is 16.4 Å². The topological polar surface area (TPSA) is 86.5 Å². The first-order valence-corrected chi connectivity index (χ1v) is 12.3. The number of amides is 3. The lowest BCUT2D eigenvalue weighted by atomic mass is 9.91. The van der Waals surface area contributed by atoms with Crippen LogP contribution in [0.25, 0.3) is 5.57 Å². The van der Waals surface area contributed by atoms with Gasteiger partial charge in [0, 0.05) is 25.5 Å². The summed E-state index contributed by atoms with van der Waals surface area (Å²) >= 11 is 12.9. The number of alkyl halides is 1. The van der Waals surface area contributed by atoms with E-state index in [-0.39, 0.29) is 22.6 Å². The van der Waals surface area contributed by atoms with Crippen LogP contribution in [0.15, 0.2) is 61.0 Å². The second-order valence-electron chi connectivity index (χ2n) is 9.40. The lowest BCUT2D eigenvalue weighted by Gasteiger charge is -2.32. The highest BCUT2D eigenvalue weighted by Crippen LogP contribution is 2.35. The summed E-state index contributed by atoms with van der Waals surface area (Å²) in [5.74, 6) is -0.355. The predicted octanol–water partition coefficient (Wildman–Crippen LogP) is 5.58. The number of halogens is 2. The van der Waals surface area contributed by atoms with Gasteiger partial charge in [-0.3, -0.25) is 9.78 Å². The van der Waals surface area contributed by atoms with Crippen LogP contribution in [-0.4, -0.2) is 51.5 Å². The molecule has 1 aromatic carbocycles. The van der Waals surface area contributed by atoms with Crippen molar-refractivity contribution in [2.24, 2.45) is 0 Å². The van der Waals surface area contributed by atoms with E-state index in [0.717, 1.165) is 16.0 Å². The van der Waals surface area contributed by atoms with Crippen molar-refractivity contribution in [2.75, 3.05) is 18.1 Å². The Hall–Kier alpha value is -3.18. The van der Waals surface area contributed by atoms with Crippen LogP contribution in [-0.2, 0) is 9.53 Å². The molecule has 2 aliphatic rings. The SMILES string of the molecule is CC1(Cl)C=C(c2ccncc2)C=CC1OCCCN1C(=O)N(c2ccc(C#N)c(Cl)c2)C(=O)C1(C)C. The van der Waals surface area contributed by atoms with Crippen LogP contribution in [0.4, 0.5) is 10.5 Å². The molecule has 186 valence electrons. The van der Waals surface area contributed by atoms with Gasteiger partial charge in [0.1, 0.15) is 11.6 Å². The molecule has 1 fully saturated rings. The van der Waals surface area contributed by atoms with E-state index in [1.165, 1.54) is 17.0 Å². The van der Waals surface area contributed by atoms with Crippen LogP contribution in [0.1, 0.15) is 38.3 Å². The zero-order valence-corrected chi connectivity index (χ0v) is 21.8. The number of carbonyl (C=O) groups is 2. The Bertz CT molecular complexity index is 1280. The Morgan fingerprint density at radius 2 is 1.89 bits per heavy atom. The second-order valence-corrected chi connectivity index (χ2v) is 10.6. The number of imide groups is 1. The molecule has 1 aromatic heterocycles. The Labute approximate surface area is 220 Å². The molecule has 4 rings (SSSR count). The minimum Gasteiger partial charge on any atom is -0.372 e. The number of hydrogen-bond donors (Lipinski definition) is 0. The highest BCUT2D eigenvalue weighted by atomic mass is 35.5. The number of benzene rings is 1. The molecule has 1 aliphatic carbocycles. The molecule has 2 aromatic rings. The van der Waals surface area contributed by atoms with E-state index in [9.17, 15) is 9.59 Å². The molecule has 1 saturated heterocycles. The molecule has 0 spiro atoms. The summed E-state index contributed by atoms with van der Waals surface area (Å²) in [5.41, 5.74) is 1.60. The number of aromatic nitrogens is 1. The highest BCUT2D eigenvalue weighted by molar-refractivity contribution is 6.32. The van der Waals surface area contributed by atoms with Gasteiger partial charge in [-0.15, -0.1) is 11.6 Å². The van der Waals surface area contributed by atoms with Gasteiger partial charge >= 0.3 is 6.03 Å². The molecule has 36 heavy (non-hydrogen) atoms. The van der Waals surface area contributed by atoms with Gasteiger partial charge < -0.3 is 9.64 Å². The molecule has 9 heteroatoms. The lowest BCUT2D eigenvalue weighted by Crippen LogP contribution is -2.45. The number of urea groups is 1. The average molecular weight is 525 g/mol. The molecule has 0 bridgehead atoms. The maximum Gasteiger partial charge on any atom is 0.332 e. The smallest absolute Gasteiger partial charge is 0.332 e. The third-order valence-electron chi connectivity index (χ3n) is 6.44. The first-order chi connectivity index (χ1) is 17.1. The van der Waals surface area contributed by atoms with Crippen LogP contribution in [0.3, 0.4) is 0 Å². The Morgan fingerprint density at radius 1 is 1.17 bits per heavy atom. The maximum atomic E-state index is 13.2. The number of nitriles is 1. The normalized spacial score (nSPS) is 23.1. The second kappa shape index (κ2) is 10.1. The number of pyridine rings is 1. The minimum atomic E-state index is -1.04. The largest absolute Gasteiger partial charge is 0.372 e. The predicted molar refractivity (Wildman–Crippen MR) is 140 cm³/mol. The number of allylic oxidation sites excluding steroid dienone is 2. The maximum absolute atomic E-state index is 13.2. The molecule has 2 heterocycles. The van der Waals surface area contributed by atoms with Gasteiger partial charge in [0.15, 0.2) is 0 Å². The van der Waals surface area contributed by atoms with Crippen molar-refractivity contribution in [3.05, 3.63) is 77.1 Å².